The first-order valence-electron chi connectivity index (χ1n) is 7.69. The van der Waals surface area contributed by atoms with Crippen molar-refractivity contribution in [3.05, 3.63) is 11.8 Å². The zero-order valence-electron chi connectivity index (χ0n) is 12.6. The van der Waals surface area contributed by atoms with Gasteiger partial charge in [-0.25, -0.2) is 4.98 Å². The van der Waals surface area contributed by atoms with Crippen LogP contribution >= 0.6 is 0 Å². The predicted molar refractivity (Wildman–Crippen MR) is 81.2 cm³/mol. The smallest absolute Gasteiger partial charge is 0.229 e. The summed E-state index contributed by atoms with van der Waals surface area (Å²) in [6.07, 6.45) is 5.71. The summed E-state index contributed by atoms with van der Waals surface area (Å²) in [4.78, 5) is 11.5. The van der Waals surface area contributed by atoms with Gasteiger partial charge >= 0.3 is 0 Å². The molecule has 0 unspecified atom stereocenters. The van der Waals surface area contributed by atoms with Crippen LogP contribution in [0.15, 0.2) is 6.07 Å². The van der Waals surface area contributed by atoms with E-state index in [9.17, 15) is 0 Å². The number of hydrogen-bond acceptors (Lipinski definition) is 5. The van der Waals surface area contributed by atoms with E-state index in [0.717, 1.165) is 31.0 Å². The lowest BCUT2D eigenvalue weighted by molar-refractivity contribution is 0.303. The molecule has 1 fully saturated rings. The van der Waals surface area contributed by atoms with Crippen LogP contribution in [0, 0.1) is 6.92 Å². The second kappa shape index (κ2) is 7.43. The van der Waals surface area contributed by atoms with Crippen molar-refractivity contribution in [2.75, 3.05) is 24.6 Å². The monoisotopic (exact) mass is 278 g/mol. The Morgan fingerprint density at radius 2 is 2.20 bits per heavy atom. The summed E-state index contributed by atoms with van der Waals surface area (Å²) in [7, 11) is 0. The molecule has 1 aliphatic rings. The third-order valence-electron chi connectivity index (χ3n) is 3.65. The Morgan fingerprint density at radius 1 is 1.40 bits per heavy atom. The molecule has 1 heterocycles. The topological polar surface area (TPSA) is 64.3 Å². The number of aromatic nitrogens is 2. The van der Waals surface area contributed by atoms with Gasteiger partial charge in [-0.15, -0.1) is 0 Å². The summed E-state index contributed by atoms with van der Waals surface area (Å²) >= 11 is 0. The molecule has 0 saturated heterocycles. The molecule has 1 saturated carbocycles. The molecular formula is C15H26N4O. The minimum atomic E-state index is 0.572. The molecule has 0 bridgehead atoms. The van der Waals surface area contributed by atoms with Gasteiger partial charge < -0.3 is 15.4 Å². The molecule has 1 aromatic heterocycles. The molecule has 0 spiro atoms. The number of rotatable bonds is 8. The van der Waals surface area contributed by atoms with Gasteiger partial charge in [0.25, 0.3) is 0 Å². The highest BCUT2D eigenvalue weighted by atomic mass is 16.5. The molecule has 0 atom stereocenters. The van der Waals surface area contributed by atoms with Gasteiger partial charge in [-0.1, -0.05) is 6.92 Å². The van der Waals surface area contributed by atoms with E-state index in [1.807, 2.05) is 13.0 Å². The molecule has 112 valence electrons. The fourth-order valence-corrected chi connectivity index (χ4v) is 2.34. The first-order valence-corrected chi connectivity index (χ1v) is 7.69. The van der Waals surface area contributed by atoms with Crippen molar-refractivity contribution in [2.45, 2.75) is 52.0 Å². The van der Waals surface area contributed by atoms with E-state index < -0.39 is 0 Å². The number of nitrogens with two attached hydrogens (primary N) is 1. The lowest BCUT2D eigenvalue weighted by Crippen LogP contribution is -2.42. The van der Waals surface area contributed by atoms with Gasteiger partial charge in [0.05, 0.1) is 6.61 Å². The van der Waals surface area contributed by atoms with Crippen LogP contribution in [0.2, 0.25) is 0 Å². The first-order chi connectivity index (χ1) is 9.74. The molecule has 0 amide bonds. The Bertz CT molecular complexity index is 420. The van der Waals surface area contributed by atoms with Gasteiger partial charge in [-0.05, 0) is 45.6 Å². The maximum atomic E-state index is 5.66. The van der Waals surface area contributed by atoms with Crippen LogP contribution in [-0.4, -0.2) is 35.7 Å². The Hall–Kier alpha value is -1.36. The van der Waals surface area contributed by atoms with Crippen molar-refractivity contribution in [2.24, 2.45) is 5.73 Å². The van der Waals surface area contributed by atoms with Crippen LogP contribution in [-0.2, 0) is 0 Å². The van der Waals surface area contributed by atoms with E-state index in [4.69, 9.17) is 10.5 Å². The van der Waals surface area contributed by atoms with Gasteiger partial charge in [0.1, 0.15) is 0 Å². The normalized spacial score (nSPS) is 14.9. The highest BCUT2D eigenvalue weighted by Crippen LogP contribution is 2.28. The molecule has 1 aromatic rings. The van der Waals surface area contributed by atoms with Crippen LogP contribution in [0.3, 0.4) is 0 Å². The van der Waals surface area contributed by atoms with Crippen molar-refractivity contribution < 1.29 is 4.74 Å². The quantitative estimate of drug-likeness (QED) is 0.790. The molecule has 5 heteroatoms. The zero-order valence-corrected chi connectivity index (χ0v) is 12.6. The largest absolute Gasteiger partial charge is 0.478 e. The van der Waals surface area contributed by atoms with Gasteiger partial charge in [-0.3, -0.25) is 0 Å². The summed E-state index contributed by atoms with van der Waals surface area (Å²) < 4.78 is 5.66. The molecule has 0 aromatic carbocycles. The minimum absolute atomic E-state index is 0.572. The number of anilines is 1. The van der Waals surface area contributed by atoms with Crippen LogP contribution < -0.4 is 15.4 Å². The van der Waals surface area contributed by atoms with Crippen molar-refractivity contribution in [3.63, 3.8) is 0 Å². The molecule has 2 rings (SSSR count). The standard InChI is InChI=1S/C15H26N4O/c1-3-10-20-14-11-12(2)17-15(18-14)19(9-5-8-16)13-6-4-7-13/h11,13H,3-10,16H2,1-2H3. The summed E-state index contributed by atoms with van der Waals surface area (Å²) in [5, 5.41) is 0. The van der Waals surface area contributed by atoms with Gasteiger partial charge in [0.15, 0.2) is 0 Å². The van der Waals surface area contributed by atoms with Gasteiger partial charge in [-0.2, -0.15) is 4.98 Å². The van der Waals surface area contributed by atoms with Crippen LogP contribution in [0.4, 0.5) is 5.95 Å². The highest BCUT2D eigenvalue weighted by Gasteiger charge is 2.27. The van der Waals surface area contributed by atoms with Gasteiger partial charge in [0, 0.05) is 24.3 Å². The van der Waals surface area contributed by atoms with Crippen LogP contribution in [0.5, 0.6) is 5.88 Å². The van der Waals surface area contributed by atoms with Crippen molar-refractivity contribution in [1.82, 2.24) is 9.97 Å². The first kappa shape index (κ1) is 15.0. The molecule has 5 nitrogen and oxygen atoms in total. The molecule has 0 aliphatic heterocycles. The number of aryl methyl sites for hydroxylation is 1. The Morgan fingerprint density at radius 3 is 2.80 bits per heavy atom. The predicted octanol–water partition coefficient (Wildman–Crippen LogP) is 2.28. The van der Waals surface area contributed by atoms with E-state index in [1.165, 1.54) is 19.3 Å². The van der Waals surface area contributed by atoms with Gasteiger partial charge in [0.2, 0.25) is 11.8 Å². The maximum Gasteiger partial charge on any atom is 0.229 e. The maximum absolute atomic E-state index is 5.66. The Balaban J connectivity index is 2.15. The Labute approximate surface area is 121 Å². The molecule has 2 N–H and O–H groups in total. The molecule has 0 radical (unpaired) electrons. The number of hydrogen-bond donors (Lipinski definition) is 1. The van der Waals surface area contributed by atoms with E-state index in [-0.39, 0.29) is 0 Å². The average molecular weight is 278 g/mol. The summed E-state index contributed by atoms with van der Waals surface area (Å²) in [5.41, 5.74) is 6.60. The second-order valence-corrected chi connectivity index (χ2v) is 5.42. The Kier molecular flexibility index (Phi) is 5.59. The summed E-state index contributed by atoms with van der Waals surface area (Å²) in [5.74, 6) is 1.49. The van der Waals surface area contributed by atoms with E-state index in [0.29, 0.717) is 25.1 Å². The molecule has 1 aliphatic carbocycles. The van der Waals surface area contributed by atoms with E-state index >= 15 is 0 Å². The van der Waals surface area contributed by atoms with E-state index in [1.54, 1.807) is 0 Å². The summed E-state index contributed by atoms with van der Waals surface area (Å²) in [6.45, 7) is 6.41. The van der Waals surface area contributed by atoms with Crippen molar-refractivity contribution in [1.29, 1.82) is 0 Å². The summed E-state index contributed by atoms with van der Waals surface area (Å²) in [6, 6.07) is 2.48. The SMILES string of the molecule is CCCOc1cc(C)nc(N(CCCN)C2CCC2)n1. The number of ether oxygens (including phenoxy) is 1. The second-order valence-electron chi connectivity index (χ2n) is 5.42. The average Bonchev–Trinajstić information content (AvgIpc) is 2.38. The van der Waals surface area contributed by atoms with Crippen molar-refractivity contribution >= 4 is 5.95 Å². The zero-order chi connectivity index (χ0) is 14.4. The van der Waals surface area contributed by atoms with Crippen LogP contribution in [0.25, 0.3) is 0 Å². The fourth-order valence-electron chi connectivity index (χ4n) is 2.34. The highest BCUT2D eigenvalue weighted by molar-refractivity contribution is 5.36. The van der Waals surface area contributed by atoms with E-state index in [2.05, 4.69) is 21.8 Å². The third kappa shape index (κ3) is 3.82. The molecular weight excluding hydrogens is 252 g/mol. The lowest BCUT2D eigenvalue weighted by Gasteiger charge is -2.37. The lowest BCUT2D eigenvalue weighted by atomic mass is 9.91. The van der Waals surface area contributed by atoms with Crippen molar-refractivity contribution in [3.8, 4) is 5.88 Å². The fraction of sp³-hybridized carbons (Fsp3) is 0.733. The third-order valence-corrected chi connectivity index (χ3v) is 3.65. The number of nitrogens with zero attached hydrogens (tertiary/aromatic N) is 3. The van der Waals surface area contributed by atoms with Crippen LogP contribution in [0.1, 0.15) is 44.7 Å². The molecule has 20 heavy (non-hydrogen) atoms. The minimum Gasteiger partial charge on any atom is -0.478 e.